The van der Waals surface area contributed by atoms with Gasteiger partial charge in [-0.1, -0.05) is 0 Å². The van der Waals surface area contributed by atoms with Gasteiger partial charge < -0.3 is 20.3 Å². The van der Waals surface area contributed by atoms with Crippen LogP contribution in [0.1, 0.15) is 54.9 Å². The van der Waals surface area contributed by atoms with Gasteiger partial charge in [-0.05, 0) is 62.5 Å². The first-order valence-electron chi connectivity index (χ1n) is 11.5. The van der Waals surface area contributed by atoms with Crippen LogP contribution in [-0.4, -0.2) is 64.4 Å². The van der Waals surface area contributed by atoms with Gasteiger partial charge in [0.05, 0.1) is 30.2 Å². The highest BCUT2D eigenvalue weighted by Crippen LogP contribution is 2.48. The molecule has 0 spiro atoms. The number of ether oxygens (including phenoxy) is 2. The average molecular weight is 444 g/mol. The Morgan fingerprint density at radius 1 is 1.35 bits per heavy atom. The van der Waals surface area contributed by atoms with Crippen LogP contribution in [0.15, 0.2) is 12.3 Å². The van der Waals surface area contributed by atoms with E-state index in [1.807, 2.05) is 12.3 Å². The second kappa shape index (κ2) is 7.69. The number of hydrogen-bond donors (Lipinski definition) is 2. The number of thiophene rings is 1. The van der Waals surface area contributed by atoms with Gasteiger partial charge in [0.2, 0.25) is 5.91 Å². The lowest BCUT2D eigenvalue weighted by Crippen LogP contribution is -2.73. The number of nitrogens with zero attached hydrogens (tertiary/aromatic N) is 2. The van der Waals surface area contributed by atoms with Gasteiger partial charge >= 0.3 is 0 Å². The molecule has 2 aliphatic carbocycles. The molecule has 2 aliphatic heterocycles. The molecule has 2 saturated heterocycles. The van der Waals surface area contributed by atoms with Crippen LogP contribution >= 0.6 is 11.3 Å². The van der Waals surface area contributed by atoms with Gasteiger partial charge in [0.1, 0.15) is 16.7 Å². The van der Waals surface area contributed by atoms with Crippen LogP contribution in [0.5, 0.6) is 5.75 Å². The van der Waals surface area contributed by atoms with E-state index in [1.165, 1.54) is 23.3 Å². The molecular weight excluding hydrogens is 414 g/mol. The number of aliphatic hydroxyl groups is 1. The molecule has 31 heavy (non-hydrogen) atoms. The van der Waals surface area contributed by atoms with Gasteiger partial charge in [-0.3, -0.25) is 9.69 Å². The normalized spacial score (nSPS) is 33.3. The van der Waals surface area contributed by atoms with Crippen LogP contribution in [0.3, 0.4) is 0 Å². The van der Waals surface area contributed by atoms with Crippen LogP contribution in [0.4, 0.5) is 0 Å². The lowest BCUT2D eigenvalue weighted by Gasteiger charge is -2.58. The van der Waals surface area contributed by atoms with Gasteiger partial charge in [-0.25, -0.2) is 4.98 Å². The number of nitrogens with two attached hydrogens (primary N) is 1. The number of aromatic nitrogens is 1. The molecule has 7 nitrogen and oxygen atoms in total. The largest absolute Gasteiger partial charge is 0.490 e. The molecule has 4 heterocycles. The molecule has 1 saturated carbocycles. The summed E-state index contributed by atoms with van der Waals surface area (Å²) in [7, 11) is 0. The zero-order chi connectivity index (χ0) is 21.1. The Kier molecular flexibility index (Phi) is 4.94. The number of pyridine rings is 1. The first-order valence-corrected chi connectivity index (χ1v) is 12.3. The van der Waals surface area contributed by atoms with Crippen molar-refractivity contribution in [3.63, 3.8) is 0 Å². The van der Waals surface area contributed by atoms with Crippen LogP contribution in [0, 0.1) is 0 Å². The summed E-state index contributed by atoms with van der Waals surface area (Å²) in [6.45, 7) is 2.01. The van der Waals surface area contributed by atoms with Gasteiger partial charge in [0.15, 0.2) is 0 Å². The highest BCUT2D eigenvalue weighted by atomic mass is 32.1. The molecule has 0 bridgehead atoms. The van der Waals surface area contributed by atoms with Crippen molar-refractivity contribution in [1.82, 2.24) is 9.88 Å². The molecule has 1 unspecified atom stereocenters. The summed E-state index contributed by atoms with van der Waals surface area (Å²) in [5.41, 5.74) is 6.52. The summed E-state index contributed by atoms with van der Waals surface area (Å²) in [6.07, 6.45) is 8.21. The minimum absolute atomic E-state index is 0.123. The summed E-state index contributed by atoms with van der Waals surface area (Å²) in [5, 5.41) is 11.1. The molecule has 6 rings (SSSR count). The topological polar surface area (TPSA) is 97.9 Å². The Balaban J connectivity index is 1.18. The van der Waals surface area contributed by atoms with Crippen molar-refractivity contribution >= 4 is 27.5 Å². The van der Waals surface area contributed by atoms with E-state index in [0.717, 1.165) is 54.8 Å². The van der Waals surface area contributed by atoms with Crippen molar-refractivity contribution in [2.45, 2.75) is 81.3 Å². The van der Waals surface area contributed by atoms with Crippen LogP contribution < -0.4 is 10.5 Å². The fraction of sp³-hybridized carbons (Fsp3) is 0.652. The predicted octanol–water partition coefficient (Wildman–Crippen LogP) is 2.34. The molecule has 166 valence electrons. The van der Waals surface area contributed by atoms with Crippen molar-refractivity contribution in [1.29, 1.82) is 0 Å². The number of aliphatic hydroxyl groups excluding tert-OH is 1. The fourth-order valence-corrected chi connectivity index (χ4v) is 7.21. The third kappa shape index (κ3) is 3.35. The van der Waals surface area contributed by atoms with Gasteiger partial charge in [-0.15, -0.1) is 11.3 Å². The first kappa shape index (κ1) is 19.9. The summed E-state index contributed by atoms with van der Waals surface area (Å²) >= 11 is 1.72. The standard InChI is InChI=1S/C23H29N3O4S/c24-22(28)16(27)9-12-1-6-19-20(12)21-17(7-8-25-23(21)31-19)30-14-4-2-13(3-5-14)26-10-18-15(26)11-29-18/h7-8,12-16,18,27H,1-6,9-11H2,(H2,24,28)/t12-,13-,14-,15?,16+,18-/m1/s1. The summed E-state index contributed by atoms with van der Waals surface area (Å²) in [5.74, 6) is 0.377. The minimum atomic E-state index is -1.11. The number of morpholine rings is 1. The number of carbonyl (C=O) groups is 1. The quantitative estimate of drug-likeness (QED) is 0.711. The molecular formula is C23H29N3O4S. The molecule has 4 aliphatic rings. The number of aryl methyl sites for hydroxylation is 1. The van der Waals surface area contributed by atoms with Crippen LogP contribution in [0.25, 0.3) is 10.2 Å². The average Bonchev–Trinajstić information content (AvgIpc) is 3.31. The second-order valence-corrected chi connectivity index (χ2v) is 10.6. The van der Waals surface area contributed by atoms with Crippen molar-refractivity contribution < 1.29 is 19.4 Å². The van der Waals surface area contributed by atoms with E-state index in [9.17, 15) is 9.90 Å². The van der Waals surface area contributed by atoms with E-state index in [-0.39, 0.29) is 12.0 Å². The highest BCUT2D eigenvalue weighted by Gasteiger charge is 2.50. The number of likely N-dealkylation sites (tertiary alicyclic amines) is 1. The van der Waals surface area contributed by atoms with Crippen molar-refractivity contribution in [3.05, 3.63) is 22.7 Å². The summed E-state index contributed by atoms with van der Waals surface area (Å²) < 4.78 is 12.1. The molecule has 3 N–H and O–H groups in total. The van der Waals surface area contributed by atoms with Crippen LogP contribution in [-0.2, 0) is 16.0 Å². The SMILES string of the molecule is NC(=O)[C@@H](O)C[C@H]1CCc2sc3nccc(O[C@H]4CC[C@H](N5C[C@H]6OCC65)CC4)c3c21. The van der Waals surface area contributed by atoms with Gasteiger partial charge in [0, 0.05) is 23.7 Å². The smallest absolute Gasteiger partial charge is 0.246 e. The van der Waals surface area contributed by atoms with Crippen LogP contribution in [0.2, 0.25) is 0 Å². The van der Waals surface area contributed by atoms with Crippen molar-refractivity contribution in [2.75, 3.05) is 13.2 Å². The van der Waals surface area contributed by atoms with E-state index in [4.69, 9.17) is 15.2 Å². The van der Waals surface area contributed by atoms with E-state index in [2.05, 4.69) is 9.88 Å². The molecule has 2 aromatic heterocycles. The zero-order valence-electron chi connectivity index (χ0n) is 17.5. The lowest BCUT2D eigenvalue weighted by molar-refractivity contribution is -0.230. The highest BCUT2D eigenvalue weighted by molar-refractivity contribution is 7.19. The Bertz CT molecular complexity index is 1000. The number of rotatable bonds is 6. The third-order valence-electron chi connectivity index (χ3n) is 7.77. The number of fused-ring (bicyclic) bond motifs is 4. The maximum absolute atomic E-state index is 11.4. The molecule has 0 aromatic carbocycles. The predicted molar refractivity (Wildman–Crippen MR) is 117 cm³/mol. The van der Waals surface area contributed by atoms with Crippen molar-refractivity contribution in [2.24, 2.45) is 5.73 Å². The first-order chi connectivity index (χ1) is 15.1. The number of carbonyl (C=O) groups excluding carboxylic acids is 1. The molecule has 4 atom stereocenters. The molecule has 8 heteroatoms. The summed E-state index contributed by atoms with van der Waals surface area (Å²) in [4.78, 5) is 20.9. The number of primary amides is 1. The maximum Gasteiger partial charge on any atom is 0.246 e. The Morgan fingerprint density at radius 2 is 2.19 bits per heavy atom. The Morgan fingerprint density at radius 3 is 2.87 bits per heavy atom. The second-order valence-electron chi connectivity index (χ2n) is 9.50. The van der Waals surface area contributed by atoms with E-state index in [1.54, 1.807) is 11.3 Å². The maximum atomic E-state index is 11.4. The number of amides is 1. The Labute approximate surface area is 185 Å². The number of hydrogen-bond acceptors (Lipinski definition) is 7. The van der Waals surface area contributed by atoms with E-state index < -0.39 is 12.0 Å². The monoisotopic (exact) mass is 443 g/mol. The minimum Gasteiger partial charge on any atom is -0.490 e. The fourth-order valence-electron chi connectivity index (χ4n) is 5.95. The lowest BCUT2D eigenvalue weighted by atomic mass is 9.85. The molecule has 3 fully saturated rings. The van der Waals surface area contributed by atoms with Crippen molar-refractivity contribution in [3.8, 4) is 5.75 Å². The van der Waals surface area contributed by atoms with E-state index in [0.29, 0.717) is 24.6 Å². The van der Waals surface area contributed by atoms with E-state index >= 15 is 0 Å². The van der Waals surface area contributed by atoms with Gasteiger partial charge in [-0.2, -0.15) is 0 Å². The summed E-state index contributed by atoms with van der Waals surface area (Å²) in [6, 6.07) is 3.32. The van der Waals surface area contributed by atoms with Gasteiger partial charge in [0.25, 0.3) is 0 Å². The third-order valence-corrected chi connectivity index (χ3v) is 8.94. The zero-order valence-corrected chi connectivity index (χ0v) is 18.4. The Hall–Kier alpha value is -1.74. The molecule has 2 aromatic rings. The molecule has 0 radical (unpaired) electrons. The molecule has 1 amide bonds.